The zero-order valence-corrected chi connectivity index (χ0v) is 13.4. The molecule has 2 aliphatic carbocycles. The van der Waals surface area contributed by atoms with Gasteiger partial charge in [0, 0.05) is 11.6 Å². The third-order valence-electron chi connectivity index (χ3n) is 5.68. The van der Waals surface area contributed by atoms with Gasteiger partial charge >= 0.3 is 0 Å². The number of hydrogen-bond acceptors (Lipinski definition) is 2. The number of nitrogens with zero attached hydrogens (tertiary/aromatic N) is 1. The molecule has 2 saturated carbocycles. The monoisotopic (exact) mass is 266 g/mol. The van der Waals surface area contributed by atoms with Crippen molar-refractivity contribution >= 4 is 0 Å². The molecule has 0 radical (unpaired) electrons. The van der Waals surface area contributed by atoms with Crippen LogP contribution in [0.1, 0.15) is 72.1 Å². The summed E-state index contributed by atoms with van der Waals surface area (Å²) in [5.74, 6) is 0.949. The van der Waals surface area contributed by atoms with Gasteiger partial charge in [-0.1, -0.05) is 40.0 Å². The summed E-state index contributed by atoms with van der Waals surface area (Å²) in [7, 11) is 0. The van der Waals surface area contributed by atoms with Gasteiger partial charge in [0.1, 0.15) is 0 Å². The van der Waals surface area contributed by atoms with Crippen molar-refractivity contribution in [3.05, 3.63) is 0 Å². The second-order valence-corrected chi connectivity index (χ2v) is 6.61. The van der Waals surface area contributed by atoms with Crippen molar-refractivity contribution in [2.24, 2.45) is 5.92 Å². The molecule has 2 heteroatoms. The molecule has 2 rings (SSSR count). The van der Waals surface area contributed by atoms with Crippen LogP contribution in [-0.4, -0.2) is 36.1 Å². The Hall–Kier alpha value is -0.0800. The first-order valence-electron chi connectivity index (χ1n) is 8.77. The van der Waals surface area contributed by atoms with Gasteiger partial charge in [-0.2, -0.15) is 0 Å². The Morgan fingerprint density at radius 1 is 1.05 bits per heavy atom. The van der Waals surface area contributed by atoms with Crippen LogP contribution in [0.25, 0.3) is 0 Å². The van der Waals surface area contributed by atoms with Gasteiger partial charge in [0.05, 0.1) is 0 Å². The first kappa shape index (κ1) is 15.3. The number of nitrogens with one attached hydrogen (secondary N) is 1. The smallest absolute Gasteiger partial charge is 0.0364 e. The van der Waals surface area contributed by atoms with Gasteiger partial charge in [0.25, 0.3) is 0 Å². The Morgan fingerprint density at radius 3 is 2.11 bits per heavy atom. The minimum atomic E-state index is 0.476. The van der Waals surface area contributed by atoms with Crippen LogP contribution in [0.3, 0.4) is 0 Å². The van der Waals surface area contributed by atoms with E-state index in [2.05, 4.69) is 31.0 Å². The molecule has 2 fully saturated rings. The average molecular weight is 266 g/mol. The van der Waals surface area contributed by atoms with E-state index >= 15 is 0 Å². The molecule has 0 aromatic heterocycles. The molecule has 0 spiro atoms. The lowest BCUT2D eigenvalue weighted by molar-refractivity contribution is 0.0202. The summed E-state index contributed by atoms with van der Waals surface area (Å²) in [4.78, 5) is 2.78. The maximum absolute atomic E-state index is 3.96. The van der Waals surface area contributed by atoms with Crippen molar-refractivity contribution in [1.29, 1.82) is 0 Å². The standard InChI is InChI=1S/C17H34N2/c1-4-14-18-16(15-10-9-11-15)17(12-7-8-13-17)19(5-2)6-3/h15-16,18H,4-14H2,1-3H3. The van der Waals surface area contributed by atoms with E-state index in [4.69, 9.17) is 0 Å². The Kier molecular flexibility index (Phi) is 5.70. The summed E-state index contributed by atoms with van der Waals surface area (Å²) >= 11 is 0. The SMILES string of the molecule is CCCNC(C1CCC1)C1(N(CC)CC)CCCC1. The van der Waals surface area contributed by atoms with Crippen LogP contribution in [0.4, 0.5) is 0 Å². The van der Waals surface area contributed by atoms with Gasteiger partial charge in [0.15, 0.2) is 0 Å². The van der Waals surface area contributed by atoms with E-state index in [1.807, 2.05) is 0 Å². The molecular weight excluding hydrogens is 232 g/mol. The van der Waals surface area contributed by atoms with Gasteiger partial charge in [-0.15, -0.1) is 0 Å². The first-order valence-corrected chi connectivity index (χ1v) is 8.77. The topological polar surface area (TPSA) is 15.3 Å². The minimum absolute atomic E-state index is 0.476. The molecule has 0 aliphatic heterocycles. The van der Waals surface area contributed by atoms with Crippen LogP contribution >= 0.6 is 0 Å². The van der Waals surface area contributed by atoms with Crippen molar-refractivity contribution in [3.63, 3.8) is 0 Å². The average Bonchev–Trinajstić information content (AvgIpc) is 2.84. The molecule has 0 heterocycles. The second kappa shape index (κ2) is 7.08. The highest BCUT2D eigenvalue weighted by atomic mass is 15.2. The van der Waals surface area contributed by atoms with Crippen LogP contribution in [0, 0.1) is 5.92 Å². The zero-order valence-electron chi connectivity index (χ0n) is 13.4. The normalized spacial score (nSPS) is 24.6. The fourth-order valence-electron chi connectivity index (χ4n) is 4.53. The maximum Gasteiger partial charge on any atom is 0.0364 e. The summed E-state index contributed by atoms with van der Waals surface area (Å²) in [6.45, 7) is 10.6. The van der Waals surface area contributed by atoms with Gasteiger partial charge in [-0.25, -0.2) is 0 Å². The molecule has 112 valence electrons. The fraction of sp³-hybridized carbons (Fsp3) is 1.00. The lowest BCUT2D eigenvalue weighted by Gasteiger charge is -2.51. The van der Waals surface area contributed by atoms with Gasteiger partial charge in [-0.05, 0) is 57.7 Å². The molecule has 0 amide bonds. The molecule has 2 aliphatic rings. The molecule has 19 heavy (non-hydrogen) atoms. The molecule has 2 nitrogen and oxygen atoms in total. The molecule has 1 atom stereocenters. The first-order chi connectivity index (χ1) is 9.28. The molecule has 0 saturated heterocycles. The number of hydrogen-bond donors (Lipinski definition) is 1. The predicted octanol–water partition coefficient (Wildman–Crippen LogP) is 3.81. The van der Waals surface area contributed by atoms with Crippen molar-refractivity contribution in [2.75, 3.05) is 19.6 Å². The fourth-order valence-corrected chi connectivity index (χ4v) is 4.53. The predicted molar refractivity (Wildman–Crippen MR) is 83.5 cm³/mol. The van der Waals surface area contributed by atoms with E-state index in [9.17, 15) is 0 Å². The quantitative estimate of drug-likeness (QED) is 0.718. The summed E-state index contributed by atoms with van der Waals surface area (Å²) in [5.41, 5.74) is 0.476. The Bertz CT molecular complexity index is 250. The Balaban J connectivity index is 2.16. The van der Waals surface area contributed by atoms with Crippen molar-refractivity contribution in [1.82, 2.24) is 10.2 Å². The molecule has 1 unspecified atom stereocenters. The third kappa shape index (κ3) is 3.00. The van der Waals surface area contributed by atoms with Crippen molar-refractivity contribution < 1.29 is 0 Å². The van der Waals surface area contributed by atoms with Gasteiger partial charge < -0.3 is 5.32 Å². The molecule has 0 bridgehead atoms. The molecule has 0 aromatic carbocycles. The highest BCUT2D eigenvalue weighted by molar-refractivity contribution is 5.06. The van der Waals surface area contributed by atoms with E-state index in [1.165, 1.54) is 71.0 Å². The van der Waals surface area contributed by atoms with Crippen LogP contribution < -0.4 is 5.32 Å². The van der Waals surface area contributed by atoms with E-state index in [0.717, 1.165) is 12.0 Å². The van der Waals surface area contributed by atoms with E-state index < -0.39 is 0 Å². The van der Waals surface area contributed by atoms with Crippen molar-refractivity contribution in [3.8, 4) is 0 Å². The third-order valence-corrected chi connectivity index (χ3v) is 5.68. The van der Waals surface area contributed by atoms with Gasteiger partial charge in [-0.3, -0.25) is 4.90 Å². The lowest BCUT2D eigenvalue weighted by atomic mass is 9.70. The summed E-state index contributed by atoms with van der Waals surface area (Å²) < 4.78 is 0. The number of likely N-dealkylation sites (N-methyl/N-ethyl adjacent to an activating group) is 1. The molecular formula is C17H34N2. The Labute approximate surface area is 120 Å². The largest absolute Gasteiger partial charge is 0.312 e. The zero-order chi connectivity index (χ0) is 13.7. The van der Waals surface area contributed by atoms with E-state index in [1.54, 1.807) is 0 Å². The van der Waals surface area contributed by atoms with Crippen LogP contribution in [0.15, 0.2) is 0 Å². The lowest BCUT2D eigenvalue weighted by Crippen LogP contribution is -2.63. The Morgan fingerprint density at radius 2 is 1.68 bits per heavy atom. The number of rotatable bonds is 8. The molecule has 0 aromatic rings. The summed E-state index contributed by atoms with van der Waals surface area (Å²) in [6.07, 6.45) is 11.4. The van der Waals surface area contributed by atoms with Crippen LogP contribution in [0.2, 0.25) is 0 Å². The second-order valence-electron chi connectivity index (χ2n) is 6.61. The maximum atomic E-state index is 3.96. The van der Waals surface area contributed by atoms with E-state index in [-0.39, 0.29) is 0 Å². The van der Waals surface area contributed by atoms with Crippen LogP contribution in [0.5, 0.6) is 0 Å². The highest BCUT2D eigenvalue weighted by Gasteiger charge is 2.48. The minimum Gasteiger partial charge on any atom is -0.312 e. The highest BCUT2D eigenvalue weighted by Crippen LogP contribution is 2.44. The van der Waals surface area contributed by atoms with Crippen LogP contribution in [-0.2, 0) is 0 Å². The summed E-state index contributed by atoms with van der Waals surface area (Å²) in [6, 6.07) is 0.753. The summed E-state index contributed by atoms with van der Waals surface area (Å²) in [5, 5.41) is 3.96. The molecule has 1 N–H and O–H groups in total. The van der Waals surface area contributed by atoms with Gasteiger partial charge in [0.2, 0.25) is 0 Å². The van der Waals surface area contributed by atoms with Crippen molar-refractivity contribution in [2.45, 2.75) is 83.7 Å². The van der Waals surface area contributed by atoms with E-state index in [0.29, 0.717) is 5.54 Å².